The zero-order chi connectivity index (χ0) is 14.7. The SMILES string of the molecule is CC1CN(C(N)=NCc2nnc3n2CCCCC3)CCO1.I. The average molecular weight is 420 g/mol. The molecular formula is C14H25IN6O. The Labute approximate surface area is 148 Å². The lowest BCUT2D eigenvalue weighted by Crippen LogP contribution is -2.47. The van der Waals surface area contributed by atoms with Crippen molar-refractivity contribution in [2.24, 2.45) is 10.7 Å². The first-order chi connectivity index (χ1) is 10.2. The average Bonchev–Trinajstić information content (AvgIpc) is 2.72. The summed E-state index contributed by atoms with van der Waals surface area (Å²) in [6.45, 7) is 5.87. The molecule has 0 aromatic carbocycles. The van der Waals surface area contributed by atoms with Gasteiger partial charge in [0.25, 0.3) is 0 Å². The van der Waals surface area contributed by atoms with Crippen molar-refractivity contribution in [1.82, 2.24) is 19.7 Å². The zero-order valence-electron chi connectivity index (χ0n) is 13.1. The third-order valence-corrected chi connectivity index (χ3v) is 4.13. The molecule has 1 aromatic rings. The normalized spacial score (nSPS) is 22.7. The smallest absolute Gasteiger partial charge is 0.191 e. The van der Waals surface area contributed by atoms with Gasteiger partial charge in [-0.15, -0.1) is 34.2 Å². The number of rotatable bonds is 2. The Kier molecular flexibility index (Phi) is 6.42. The largest absolute Gasteiger partial charge is 0.375 e. The molecule has 1 aromatic heterocycles. The molecule has 124 valence electrons. The Morgan fingerprint density at radius 2 is 2.18 bits per heavy atom. The number of nitrogens with zero attached hydrogens (tertiary/aromatic N) is 5. The second-order valence-corrected chi connectivity index (χ2v) is 5.80. The molecule has 8 heteroatoms. The summed E-state index contributed by atoms with van der Waals surface area (Å²) >= 11 is 0. The molecule has 1 fully saturated rings. The fraction of sp³-hybridized carbons (Fsp3) is 0.786. The lowest BCUT2D eigenvalue weighted by molar-refractivity contribution is 0.00528. The van der Waals surface area contributed by atoms with E-state index in [9.17, 15) is 0 Å². The molecule has 2 aliphatic heterocycles. The lowest BCUT2D eigenvalue weighted by atomic mass is 10.2. The molecule has 7 nitrogen and oxygen atoms in total. The molecule has 0 saturated carbocycles. The van der Waals surface area contributed by atoms with Crippen molar-refractivity contribution in [3.8, 4) is 0 Å². The summed E-state index contributed by atoms with van der Waals surface area (Å²) in [5.74, 6) is 2.60. The standard InChI is InChI=1S/C14H24N6O.HI/c1-11-10-19(7-8-21-11)14(15)16-9-13-18-17-12-5-3-2-4-6-20(12)13;/h11H,2-10H2,1H3,(H2,15,16);1H. The molecule has 2 aliphatic rings. The summed E-state index contributed by atoms with van der Waals surface area (Å²) in [5.41, 5.74) is 6.10. The molecule has 1 saturated heterocycles. The number of halogens is 1. The second kappa shape index (κ2) is 8.09. The van der Waals surface area contributed by atoms with Crippen LogP contribution in [0, 0.1) is 0 Å². The number of guanidine groups is 1. The van der Waals surface area contributed by atoms with Crippen LogP contribution >= 0.6 is 24.0 Å². The topological polar surface area (TPSA) is 81.6 Å². The number of nitrogens with two attached hydrogens (primary N) is 1. The first kappa shape index (κ1) is 17.5. The molecule has 22 heavy (non-hydrogen) atoms. The highest BCUT2D eigenvalue weighted by Crippen LogP contribution is 2.15. The predicted molar refractivity (Wildman–Crippen MR) is 95.3 cm³/mol. The fourth-order valence-corrected chi connectivity index (χ4v) is 2.94. The molecular weight excluding hydrogens is 395 g/mol. The zero-order valence-corrected chi connectivity index (χ0v) is 15.4. The highest BCUT2D eigenvalue weighted by Gasteiger charge is 2.19. The summed E-state index contributed by atoms with van der Waals surface area (Å²) in [6.07, 6.45) is 4.89. The molecule has 1 unspecified atom stereocenters. The van der Waals surface area contributed by atoms with Gasteiger partial charge in [0.1, 0.15) is 12.4 Å². The van der Waals surface area contributed by atoms with Crippen molar-refractivity contribution in [2.45, 2.75) is 51.8 Å². The highest BCUT2D eigenvalue weighted by atomic mass is 127. The number of aromatic nitrogens is 3. The van der Waals surface area contributed by atoms with Crippen LogP contribution in [0.5, 0.6) is 0 Å². The summed E-state index contributed by atoms with van der Waals surface area (Å²) in [4.78, 5) is 6.58. The van der Waals surface area contributed by atoms with E-state index in [0.717, 1.165) is 37.7 Å². The van der Waals surface area contributed by atoms with Crippen LogP contribution in [0.2, 0.25) is 0 Å². The van der Waals surface area contributed by atoms with E-state index in [-0.39, 0.29) is 30.1 Å². The van der Waals surface area contributed by atoms with E-state index in [4.69, 9.17) is 10.5 Å². The first-order valence-corrected chi connectivity index (χ1v) is 7.81. The molecule has 0 radical (unpaired) electrons. The van der Waals surface area contributed by atoms with Gasteiger partial charge >= 0.3 is 0 Å². The van der Waals surface area contributed by atoms with Crippen molar-refractivity contribution in [3.05, 3.63) is 11.6 Å². The quantitative estimate of drug-likeness (QED) is 0.441. The van der Waals surface area contributed by atoms with Crippen molar-refractivity contribution in [3.63, 3.8) is 0 Å². The van der Waals surface area contributed by atoms with Crippen LogP contribution in [0.4, 0.5) is 0 Å². The van der Waals surface area contributed by atoms with Gasteiger partial charge in [0.05, 0.1) is 12.7 Å². The van der Waals surface area contributed by atoms with Crippen LogP contribution < -0.4 is 5.73 Å². The maximum absolute atomic E-state index is 6.10. The molecule has 3 rings (SSSR count). The first-order valence-electron chi connectivity index (χ1n) is 7.81. The maximum Gasteiger partial charge on any atom is 0.191 e. The van der Waals surface area contributed by atoms with Gasteiger partial charge in [-0.3, -0.25) is 0 Å². The number of aryl methyl sites for hydroxylation is 1. The van der Waals surface area contributed by atoms with Crippen LogP contribution in [0.1, 0.15) is 37.8 Å². The van der Waals surface area contributed by atoms with Crippen LogP contribution in [0.25, 0.3) is 0 Å². The molecule has 2 N–H and O–H groups in total. The number of ether oxygens (including phenoxy) is 1. The number of morpholine rings is 1. The minimum atomic E-state index is 0. The molecule has 0 bridgehead atoms. The number of fused-ring (bicyclic) bond motifs is 1. The van der Waals surface area contributed by atoms with Crippen molar-refractivity contribution in [1.29, 1.82) is 0 Å². The predicted octanol–water partition coefficient (Wildman–Crippen LogP) is 1.16. The van der Waals surface area contributed by atoms with Gasteiger partial charge in [0.2, 0.25) is 0 Å². The Balaban J connectivity index is 0.00000176. The Morgan fingerprint density at radius 3 is 3.00 bits per heavy atom. The van der Waals surface area contributed by atoms with E-state index < -0.39 is 0 Å². The molecule has 0 amide bonds. The lowest BCUT2D eigenvalue weighted by Gasteiger charge is -2.31. The van der Waals surface area contributed by atoms with E-state index in [2.05, 4.69) is 31.6 Å². The third kappa shape index (κ3) is 4.09. The molecule has 0 spiro atoms. The number of hydrogen-bond acceptors (Lipinski definition) is 4. The second-order valence-electron chi connectivity index (χ2n) is 5.80. The number of aliphatic imine (C=N–C) groups is 1. The van der Waals surface area contributed by atoms with Gasteiger partial charge in [0.15, 0.2) is 11.8 Å². The Hall–Kier alpha value is -0.900. The molecule has 1 atom stereocenters. The Bertz CT molecular complexity index is 517. The Morgan fingerprint density at radius 1 is 1.32 bits per heavy atom. The van der Waals surface area contributed by atoms with Gasteiger partial charge in [-0.1, -0.05) is 6.42 Å². The van der Waals surface area contributed by atoms with Gasteiger partial charge in [-0.05, 0) is 19.8 Å². The third-order valence-electron chi connectivity index (χ3n) is 4.13. The van der Waals surface area contributed by atoms with Crippen molar-refractivity contribution in [2.75, 3.05) is 19.7 Å². The summed E-state index contributed by atoms with van der Waals surface area (Å²) in [7, 11) is 0. The van der Waals surface area contributed by atoms with E-state index in [0.29, 0.717) is 19.1 Å². The fourth-order valence-electron chi connectivity index (χ4n) is 2.94. The van der Waals surface area contributed by atoms with Crippen LogP contribution in [0.15, 0.2) is 4.99 Å². The van der Waals surface area contributed by atoms with Gasteiger partial charge in [-0.2, -0.15) is 0 Å². The minimum absolute atomic E-state index is 0. The maximum atomic E-state index is 6.10. The number of hydrogen-bond donors (Lipinski definition) is 1. The van der Waals surface area contributed by atoms with Gasteiger partial charge in [-0.25, -0.2) is 4.99 Å². The highest BCUT2D eigenvalue weighted by molar-refractivity contribution is 14.0. The molecule has 3 heterocycles. The van der Waals surface area contributed by atoms with E-state index in [1.54, 1.807) is 0 Å². The van der Waals surface area contributed by atoms with E-state index in [1.807, 2.05) is 0 Å². The molecule has 0 aliphatic carbocycles. The summed E-state index contributed by atoms with van der Waals surface area (Å²) in [6, 6.07) is 0. The summed E-state index contributed by atoms with van der Waals surface area (Å²) < 4.78 is 7.73. The van der Waals surface area contributed by atoms with Crippen molar-refractivity contribution < 1.29 is 4.74 Å². The van der Waals surface area contributed by atoms with E-state index >= 15 is 0 Å². The van der Waals surface area contributed by atoms with Gasteiger partial charge in [0, 0.05) is 26.1 Å². The monoisotopic (exact) mass is 420 g/mol. The van der Waals surface area contributed by atoms with Crippen LogP contribution in [-0.4, -0.2) is 51.4 Å². The van der Waals surface area contributed by atoms with Crippen LogP contribution in [0.3, 0.4) is 0 Å². The van der Waals surface area contributed by atoms with Crippen LogP contribution in [-0.2, 0) is 24.2 Å². The summed E-state index contributed by atoms with van der Waals surface area (Å²) in [5, 5.41) is 8.57. The van der Waals surface area contributed by atoms with E-state index in [1.165, 1.54) is 19.3 Å². The van der Waals surface area contributed by atoms with Crippen molar-refractivity contribution >= 4 is 29.9 Å². The van der Waals surface area contributed by atoms with Gasteiger partial charge < -0.3 is 19.9 Å². The minimum Gasteiger partial charge on any atom is -0.375 e.